The number of aromatic nitrogens is 3. The van der Waals surface area contributed by atoms with Gasteiger partial charge in [-0.1, -0.05) is 91.7 Å². The minimum Gasteiger partial charge on any atom is -0.309 e. The molecule has 0 amide bonds. The van der Waals surface area contributed by atoms with E-state index in [1.54, 1.807) is 0 Å². The second kappa shape index (κ2) is 15.6. The van der Waals surface area contributed by atoms with E-state index in [0.717, 1.165) is 39.9 Å². The molecular formula is C29H34Cl2N4. The summed E-state index contributed by atoms with van der Waals surface area (Å²) in [6, 6.07) is 17.6. The summed E-state index contributed by atoms with van der Waals surface area (Å²) in [7, 11) is 0. The van der Waals surface area contributed by atoms with Crippen LogP contribution in [0.4, 0.5) is 0 Å². The van der Waals surface area contributed by atoms with Crippen molar-refractivity contribution in [3.63, 3.8) is 0 Å². The number of nitrogens with zero attached hydrogens (tertiary/aromatic N) is 3. The molecular weight excluding hydrogens is 475 g/mol. The Hall–Kier alpha value is -3.21. The van der Waals surface area contributed by atoms with Crippen molar-refractivity contribution in [2.24, 2.45) is 0 Å². The van der Waals surface area contributed by atoms with Crippen molar-refractivity contribution in [1.82, 2.24) is 14.6 Å². The smallest absolute Gasteiger partial charge is 0.161 e. The van der Waals surface area contributed by atoms with Crippen LogP contribution >= 0.6 is 23.2 Å². The fraction of sp³-hybridized carbons (Fsp3) is 0.207. The van der Waals surface area contributed by atoms with Crippen molar-refractivity contribution in [3.8, 4) is 22.3 Å². The quantitative estimate of drug-likeness (QED) is 0.221. The number of hydrogen-bond donors (Lipinski definition) is 1. The number of allylic oxidation sites excluding steroid dienone is 3. The monoisotopic (exact) mass is 508 g/mol. The second-order valence-corrected chi connectivity index (χ2v) is 8.17. The van der Waals surface area contributed by atoms with E-state index in [1.165, 1.54) is 11.6 Å². The van der Waals surface area contributed by atoms with Crippen LogP contribution in [-0.4, -0.2) is 20.8 Å². The first-order valence-electron chi connectivity index (χ1n) is 11.4. The van der Waals surface area contributed by atoms with Gasteiger partial charge < -0.3 is 5.41 Å². The van der Waals surface area contributed by atoms with Gasteiger partial charge in [-0.15, -0.1) is 10.2 Å². The van der Waals surface area contributed by atoms with Crippen LogP contribution in [-0.2, 0) is 0 Å². The Kier molecular flexibility index (Phi) is 13.3. The van der Waals surface area contributed by atoms with Crippen LogP contribution in [0.2, 0.25) is 10.0 Å². The normalized spacial score (nSPS) is 9.37. The van der Waals surface area contributed by atoms with E-state index < -0.39 is 0 Å². The average Bonchev–Trinajstić information content (AvgIpc) is 3.25. The third-order valence-electron chi connectivity index (χ3n) is 4.73. The molecule has 35 heavy (non-hydrogen) atoms. The van der Waals surface area contributed by atoms with Crippen LogP contribution in [0.25, 0.3) is 27.9 Å². The minimum absolute atomic E-state index is 0.706. The number of hydrogen-bond acceptors (Lipinski definition) is 3. The standard InChI is InChI=1S/C19H13Cl2N3.C5H10.C3H5N.C2H6/c1-12-22-23-19-10-16(13-6-8-14(20)9-7-13)17(11-24(12)19)15-4-2-3-5-18(15)21;1-4-5(2)3;1-2-3-4;1-2/h2-11H,1H3;4H,1-3H3;2-4H,1H2;1-2H3. The molecule has 0 saturated heterocycles. The molecule has 0 aliphatic heterocycles. The van der Waals surface area contributed by atoms with Crippen molar-refractivity contribution in [2.45, 2.75) is 41.5 Å². The molecule has 0 unspecified atom stereocenters. The first kappa shape index (κ1) is 29.8. The fourth-order valence-corrected chi connectivity index (χ4v) is 3.18. The number of pyridine rings is 1. The lowest BCUT2D eigenvalue weighted by atomic mass is 9.96. The molecule has 2 aromatic heterocycles. The summed E-state index contributed by atoms with van der Waals surface area (Å²) >= 11 is 12.5. The molecule has 0 fully saturated rings. The zero-order chi connectivity index (χ0) is 26.4. The molecule has 184 valence electrons. The Labute approximate surface area is 219 Å². The zero-order valence-corrected chi connectivity index (χ0v) is 22.8. The topological polar surface area (TPSA) is 54.0 Å². The van der Waals surface area contributed by atoms with Crippen LogP contribution in [0.3, 0.4) is 0 Å². The van der Waals surface area contributed by atoms with E-state index in [0.29, 0.717) is 10.0 Å². The number of fused-ring (bicyclic) bond motifs is 1. The van der Waals surface area contributed by atoms with Crippen molar-refractivity contribution >= 4 is 35.1 Å². The third kappa shape index (κ3) is 8.82. The van der Waals surface area contributed by atoms with E-state index in [4.69, 9.17) is 28.6 Å². The molecule has 4 rings (SSSR count). The fourth-order valence-electron chi connectivity index (χ4n) is 2.81. The molecule has 6 heteroatoms. The highest BCUT2D eigenvalue weighted by Crippen LogP contribution is 2.37. The molecule has 0 aliphatic carbocycles. The van der Waals surface area contributed by atoms with Gasteiger partial charge in [0.25, 0.3) is 0 Å². The van der Waals surface area contributed by atoms with E-state index in [-0.39, 0.29) is 0 Å². The van der Waals surface area contributed by atoms with Crippen molar-refractivity contribution in [2.75, 3.05) is 0 Å². The molecule has 0 radical (unpaired) electrons. The molecule has 4 nitrogen and oxygen atoms in total. The highest BCUT2D eigenvalue weighted by atomic mass is 35.5. The van der Waals surface area contributed by atoms with Gasteiger partial charge >= 0.3 is 0 Å². The lowest BCUT2D eigenvalue weighted by Gasteiger charge is -2.13. The average molecular weight is 510 g/mol. The summed E-state index contributed by atoms with van der Waals surface area (Å²) in [6.45, 7) is 15.4. The highest BCUT2D eigenvalue weighted by Gasteiger charge is 2.14. The molecule has 2 heterocycles. The van der Waals surface area contributed by atoms with Gasteiger partial charge in [-0.3, -0.25) is 4.40 Å². The molecule has 0 spiro atoms. The lowest BCUT2D eigenvalue weighted by Crippen LogP contribution is -1.94. The van der Waals surface area contributed by atoms with Crippen LogP contribution in [0, 0.1) is 12.3 Å². The second-order valence-electron chi connectivity index (χ2n) is 7.33. The van der Waals surface area contributed by atoms with Gasteiger partial charge in [-0.05, 0) is 63.1 Å². The van der Waals surface area contributed by atoms with Gasteiger partial charge in [0.15, 0.2) is 5.65 Å². The van der Waals surface area contributed by atoms with E-state index >= 15 is 0 Å². The van der Waals surface area contributed by atoms with Gasteiger partial charge in [0.2, 0.25) is 0 Å². The van der Waals surface area contributed by atoms with Gasteiger partial charge in [0.05, 0.1) is 0 Å². The Balaban J connectivity index is 0.000000475. The first-order chi connectivity index (χ1) is 16.8. The maximum Gasteiger partial charge on any atom is 0.161 e. The largest absolute Gasteiger partial charge is 0.309 e. The van der Waals surface area contributed by atoms with Crippen LogP contribution in [0.15, 0.2) is 85.1 Å². The summed E-state index contributed by atoms with van der Waals surface area (Å²) in [5, 5.41) is 16.0. The van der Waals surface area contributed by atoms with Crippen LogP contribution < -0.4 is 0 Å². The Morgan fingerprint density at radius 2 is 1.51 bits per heavy atom. The summed E-state index contributed by atoms with van der Waals surface area (Å²) in [5.41, 5.74) is 6.27. The van der Waals surface area contributed by atoms with Crippen LogP contribution in [0.5, 0.6) is 0 Å². The summed E-state index contributed by atoms with van der Waals surface area (Å²) in [4.78, 5) is 0. The SMILES string of the molecule is C=CC=N.CC.CC=C(C)C.Cc1nnc2cc(-c3ccc(Cl)cc3)c(-c3ccccc3Cl)cn12. The van der Waals surface area contributed by atoms with Crippen molar-refractivity contribution in [3.05, 3.63) is 101 Å². The van der Waals surface area contributed by atoms with Crippen LogP contribution in [0.1, 0.15) is 40.4 Å². The van der Waals surface area contributed by atoms with Crippen molar-refractivity contribution in [1.29, 1.82) is 5.41 Å². The number of rotatable bonds is 3. The summed E-state index contributed by atoms with van der Waals surface area (Å²) < 4.78 is 1.97. The van der Waals surface area contributed by atoms with Gasteiger partial charge in [0, 0.05) is 33.6 Å². The van der Waals surface area contributed by atoms with Gasteiger partial charge in [-0.2, -0.15) is 0 Å². The molecule has 1 N–H and O–H groups in total. The number of halogens is 2. The highest BCUT2D eigenvalue weighted by molar-refractivity contribution is 6.33. The Bertz CT molecular complexity index is 1250. The Morgan fingerprint density at radius 3 is 2.03 bits per heavy atom. The first-order valence-corrected chi connectivity index (χ1v) is 12.1. The summed E-state index contributed by atoms with van der Waals surface area (Å²) in [6.07, 6.45) is 6.68. The predicted octanol–water partition coefficient (Wildman–Crippen LogP) is 9.50. The molecule has 2 aromatic carbocycles. The molecule has 0 bridgehead atoms. The number of aryl methyl sites for hydroxylation is 1. The summed E-state index contributed by atoms with van der Waals surface area (Å²) in [5.74, 6) is 0.834. The van der Waals surface area contributed by atoms with E-state index in [1.807, 2.05) is 92.9 Å². The van der Waals surface area contributed by atoms with Crippen molar-refractivity contribution < 1.29 is 0 Å². The van der Waals surface area contributed by atoms with E-state index in [2.05, 4.69) is 36.7 Å². The van der Waals surface area contributed by atoms with Gasteiger partial charge in [-0.25, -0.2) is 0 Å². The molecule has 0 aliphatic rings. The molecule has 0 atom stereocenters. The van der Waals surface area contributed by atoms with Gasteiger partial charge in [0.1, 0.15) is 5.82 Å². The third-order valence-corrected chi connectivity index (χ3v) is 5.31. The predicted molar refractivity (Wildman–Crippen MR) is 154 cm³/mol. The Morgan fingerprint density at radius 1 is 0.943 bits per heavy atom. The molecule has 4 aromatic rings. The minimum atomic E-state index is 0.706. The lowest BCUT2D eigenvalue weighted by molar-refractivity contribution is 1.01. The van der Waals surface area contributed by atoms with E-state index in [9.17, 15) is 0 Å². The maximum absolute atomic E-state index is 6.45. The maximum atomic E-state index is 6.45. The number of benzene rings is 2. The molecule has 0 saturated carbocycles. The number of nitrogens with one attached hydrogen (secondary N) is 1. The zero-order valence-electron chi connectivity index (χ0n) is 21.3.